The van der Waals surface area contributed by atoms with Crippen molar-refractivity contribution in [1.29, 1.82) is 0 Å². The maximum absolute atomic E-state index is 5.85. The Morgan fingerprint density at radius 1 is 1.13 bits per heavy atom. The molecule has 0 aliphatic rings. The molecule has 1 aromatic heterocycles. The molecule has 0 radical (unpaired) electrons. The van der Waals surface area contributed by atoms with Gasteiger partial charge in [0.1, 0.15) is 0 Å². The second kappa shape index (κ2) is 5.77. The van der Waals surface area contributed by atoms with Gasteiger partial charge in [-0.25, -0.2) is 0 Å². The fraction of sp³-hybridized carbons (Fsp3) is 0. The van der Waals surface area contributed by atoms with E-state index >= 15 is 0 Å². The third-order valence-electron chi connectivity index (χ3n) is 1.87. The van der Waals surface area contributed by atoms with Gasteiger partial charge in [0.15, 0.2) is 0 Å². The van der Waals surface area contributed by atoms with Crippen LogP contribution in [0, 0.1) is 0 Å². The Labute approximate surface area is 116 Å². The third-order valence-corrected chi connectivity index (χ3v) is 2.76. The van der Waals surface area contributed by atoms with Crippen LogP contribution in [-0.2, 0) is 20.4 Å². The summed E-state index contributed by atoms with van der Waals surface area (Å²) in [5, 5.41) is 0.719. The van der Waals surface area contributed by atoms with Crippen molar-refractivity contribution in [3.8, 4) is 11.3 Å². The van der Waals surface area contributed by atoms with Gasteiger partial charge in [0.05, 0.1) is 5.69 Å². The van der Waals surface area contributed by atoms with Crippen LogP contribution < -0.4 is 0 Å². The zero-order valence-corrected chi connectivity index (χ0v) is 11.5. The van der Waals surface area contributed by atoms with Crippen LogP contribution in [0.5, 0.6) is 0 Å². The van der Waals surface area contributed by atoms with E-state index in [1.54, 1.807) is 6.20 Å². The summed E-state index contributed by atoms with van der Waals surface area (Å²) in [4.78, 5) is 4.27. The number of pyridine rings is 1. The van der Waals surface area contributed by atoms with Crippen molar-refractivity contribution in [2.45, 2.75) is 0 Å². The van der Waals surface area contributed by atoms with Crippen molar-refractivity contribution in [2.75, 3.05) is 0 Å². The van der Waals surface area contributed by atoms with E-state index < -0.39 is 0 Å². The second-order valence-electron chi connectivity index (χ2n) is 2.84. The van der Waals surface area contributed by atoms with Crippen LogP contribution in [0.3, 0.4) is 0 Å². The van der Waals surface area contributed by atoms with Gasteiger partial charge >= 0.3 is 0 Å². The first-order chi connectivity index (χ1) is 6.77. The molecule has 1 nitrogen and oxygen atoms in total. The summed E-state index contributed by atoms with van der Waals surface area (Å²) in [5.41, 5.74) is 1.99. The Morgan fingerprint density at radius 2 is 1.93 bits per heavy atom. The zero-order chi connectivity index (χ0) is 9.97. The third kappa shape index (κ3) is 3.13. The Morgan fingerprint density at radius 3 is 2.53 bits per heavy atom. The molecule has 0 N–H and O–H groups in total. The van der Waals surface area contributed by atoms with Crippen molar-refractivity contribution in [3.05, 3.63) is 52.1 Å². The minimum absolute atomic E-state index is 0. The SMILES string of the molecule is Clc1ccc(-c2ccccn2)c(Br)c1.[Pd]. The Hall–Kier alpha value is -0.198. The van der Waals surface area contributed by atoms with Gasteiger partial charge in [-0.3, -0.25) is 4.98 Å². The number of hydrogen-bond acceptors (Lipinski definition) is 1. The number of benzene rings is 1. The van der Waals surface area contributed by atoms with Gasteiger partial charge in [-0.05, 0) is 24.3 Å². The Balaban J connectivity index is 0.00000112. The number of hydrogen-bond donors (Lipinski definition) is 0. The number of rotatable bonds is 1. The molecular formula is C11H7BrClNPd. The van der Waals surface area contributed by atoms with E-state index in [1.807, 2.05) is 36.4 Å². The molecule has 4 heteroatoms. The van der Waals surface area contributed by atoms with Gasteiger partial charge in [0.25, 0.3) is 0 Å². The molecular weight excluding hydrogens is 368 g/mol. The molecule has 80 valence electrons. The van der Waals surface area contributed by atoms with Crippen LogP contribution in [0.15, 0.2) is 47.1 Å². The molecule has 0 bridgehead atoms. The maximum Gasteiger partial charge on any atom is 0.0713 e. The first-order valence-corrected chi connectivity index (χ1v) is 5.31. The van der Waals surface area contributed by atoms with E-state index in [1.165, 1.54) is 0 Å². The molecule has 0 saturated heterocycles. The largest absolute Gasteiger partial charge is 0.256 e. The summed E-state index contributed by atoms with van der Waals surface area (Å²) in [5.74, 6) is 0. The Bertz CT molecular complexity index is 448. The van der Waals surface area contributed by atoms with Gasteiger partial charge in [0.2, 0.25) is 0 Å². The molecule has 0 saturated carbocycles. The smallest absolute Gasteiger partial charge is 0.0713 e. The topological polar surface area (TPSA) is 12.9 Å². The molecule has 0 fully saturated rings. The molecule has 2 aromatic rings. The molecule has 0 aliphatic heterocycles. The number of halogens is 2. The minimum atomic E-state index is 0. The van der Waals surface area contributed by atoms with Gasteiger partial charge in [0, 0.05) is 41.7 Å². The normalized spacial score (nSPS) is 9.47. The average Bonchev–Trinajstić information content (AvgIpc) is 2.19. The predicted octanol–water partition coefficient (Wildman–Crippen LogP) is 4.16. The molecule has 1 heterocycles. The van der Waals surface area contributed by atoms with Crippen molar-refractivity contribution < 1.29 is 20.4 Å². The summed E-state index contributed by atoms with van der Waals surface area (Å²) in [6.45, 7) is 0. The minimum Gasteiger partial charge on any atom is -0.256 e. The summed E-state index contributed by atoms with van der Waals surface area (Å²) in [6, 6.07) is 11.5. The molecule has 0 spiro atoms. The van der Waals surface area contributed by atoms with Gasteiger partial charge in [-0.15, -0.1) is 0 Å². The van der Waals surface area contributed by atoms with E-state index in [9.17, 15) is 0 Å². The van der Waals surface area contributed by atoms with E-state index in [-0.39, 0.29) is 20.4 Å². The van der Waals surface area contributed by atoms with Gasteiger partial charge < -0.3 is 0 Å². The maximum atomic E-state index is 5.85. The quantitative estimate of drug-likeness (QED) is 0.683. The molecule has 1 aromatic carbocycles. The van der Waals surface area contributed by atoms with Crippen molar-refractivity contribution in [1.82, 2.24) is 4.98 Å². The predicted molar refractivity (Wildman–Crippen MR) is 62.4 cm³/mol. The van der Waals surface area contributed by atoms with Crippen LogP contribution in [0.2, 0.25) is 5.02 Å². The van der Waals surface area contributed by atoms with Gasteiger partial charge in [-0.1, -0.05) is 39.7 Å². The first kappa shape index (κ1) is 12.9. The van der Waals surface area contributed by atoms with Crippen molar-refractivity contribution >= 4 is 27.5 Å². The second-order valence-corrected chi connectivity index (χ2v) is 4.13. The number of aromatic nitrogens is 1. The Kier molecular flexibility index (Phi) is 4.95. The van der Waals surface area contributed by atoms with E-state index in [0.717, 1.165) is 20.8 Å². The molecule has 0 amide bonds. The zero-order valence-electron chi connectivity index (χ0n) is 7.56. The number of nitrogens with zero attached hydrogens (tertiary/aromatic N) is 1. The fourth-order valence-corrected chi connectivity index (χ4v) is 2.11. The van der Waals surface area contributed by atoms with Gasteiger partial charge in [-0.2, -0.15) is 0 Å². The molecule has 0 aliphatic carbocycles. The van der Waals surface area contributed by atoms with E-state index in [4.69, 9.17) is 11.6 Å². The molecule has 0 unspecified atom stereocenters. The fourth-order valence-electron chi connectivity index (χ4n) is 1.22. The summed E-state index contributed by atoms with van der Waals surface area (Å²) < 4.78 is 0.962. The summed E-state index contributed by atoms with van der Waals surface area (Å²) >= 11 is 9.31. The van der Waals surface area contributed by atoms with E-state index in [2.05, 4.69) is 20.9 Å². The van der Waals surface area contributed by atoms with Crippen LogP contribution in [0.4, 0.5) is 0 Å². The van der Waals surface area contributed by atoms with Crippen LogP contribution >= 0.6 is 27.5 Å². The van der Waals surface area contributed by atoms with E-state index in [0.29, 0.717) is 0 Å². The molecule has 15 heavy (non-hydrogen) atoms. The van der Waals surface area contributed by atoms with Crippen LogP contribution in [0.1, 0.15) is 0 Å². The van der Waals surface area contributed by atoms with Crippen LogP contribution in [-0.4, -0.2) is 4.98 Å². The van der Waals surface area contributed by atoms with Crippen LogP contribution in [0.25, 0.3) is 11.3 Å². The first-order valence-electron chi connectivity index (χ1n) is 4.14. The average molecular weight is 375 g/mol. The molecule has 0 atom stereocenters. The molecule has 2 rings (SSSR count). The van der Waals surface area contributed by atoms with Crippen molar-refractivity contribution in [3.63, 3.8) is 0 Å². The summed E-state index contributed by atoms with van der Waals surface area (Å²) in [6.07, 6.45) is 1.77. The summed E-state index contributed by atoms with van der Waals surface area (Å²) in [7, 11) is 0. The standard InChI is InChI=1S/C11H7BrClN.Pd/c12-10-7-8(13)4-5-9(10)11-3-1-2-6-14-11;/h1-7H;. The monoisotopic (exact) mass is 373 g/mol. The van der Waals surface area contributed by atoms with Crippen molar-refractivity contribution in [2.24, 2.45) is 0 Å².